The summed E-state index contributed by atoms with van der Waals surface area (Å²) in [7, 11) is 0. The molecule has 0 heterocycles. The summed E-state index contributed by atoms with van der Waals surface area (Å²) < 4.78 is 13.1. The van der Waals surface area contributed by atoms with Gasteiger partial charge in [-0.15, -0.1) is 0 Å². The molecule has 2 rings (SSSR count). The predicted molar refractivity (Wildman–Crippen MR) is 74.8 cm³/mol. The third-order valence-corrected chi connectivity index (χ3v) is 3.18. The zero-order valence-corrected chi connectivity index (χ0v) is 11.3. The Kier molecular flexibility index (Phi) is 4.40. The quantitative estimate of drug-likeness (QED) is 0.885. The van der Waals surface area contributed by atoms with Gasteiger partial charge in [-0.2, -0.15) is 0 Å². The van der Waals surface area contributed by atoms with Crippen LogP contribution in [0.25, 0.3) is 0 Å². The summed E-state index contributed by atoms with van der Waals surface area (Å²) in [6, 6.07) is 11.7. The molecule has 2 nitrogen and oxygen atoms in total. The molecule has 0 aromatic heterocycles. The normalized spacial score (nSPS) is 12.4. The molecule has 2 aromatic rings. The van der Waals surface area contributed by atoms with Crippen LogP contribution < -0.4 is 5.32 Å². The van der Waals surface area contributed by atoms with Crippen molar-refractivity contribution in [2.75, 3.05) is 0 Å². The Morgan fingerprint density at radius 3 is 2.53 bits per heavy atom. The zero-order valence-electron chi connectivity index (χ0n) is 10.5. The number of benzene rings is 2. The summed E-state index contributed by atoms with van der Waals surface area (Å²) in [6.07, 6.45) is 0. The smallest absolute Gasteiger partial charge is 0.127 e. The van der Waals surface area contributed by atoms with Crippen LogP contribution in [0.15, 0.2) is 42.5 Å². The summed E-state index contributed by atoms with van der Waals surface area (Å²) in [5.74, 6) is -0.494. The van der Waals surface area contributed by atoms with Crippen molar-refractivity contribution in [3.05, 3.63) is 64.4 Å². The van der Waals surface area contributed by atoms with E-state index in [4.69, 9.17) is 11.6 Å². The Morgan fingerprint density at radius 1 is 1.21 bits per heavy atom. The molecule has 0 aliphatic carbocycles. The van der Waals surface area contributed by atoms with Crippen LogP contribution in [0.5, 0.6) is 5.75 Å². The van der Waals surface area contributed by atoms with E-state index < -0.39 is 5.82 Å². The standard InChI is InChI=1S/C15H15ClFNO/c1-10(12-2-4-13(16)5-3-12)18-9-11-6-14(17)8-15(19)7-11/h2-8,10,18-19H,9H2,1H3/t10-/m1/s1. The summed E-state index contributed by atoms with van der Waals surface area (Å²) >= 11 is 5.83. The van der Waals surface area contributed by atoms with E-state index in [1.807, 2.05) is 31.2 Å². The number of hydrogen-bond acceptors (Lipinski definition) is 2. The first-order chi connectivity index (χ1) is 9.04. The van der Waals surface area contributed by atoms with Gasteiger partial charge in [-0.3, -0.25) is 0 Å². The van der Waals surface area contributed by atoms with Crippen molar-refractivity contribution >= 4 is 11.6 Å². The highest BCUT2D eigenvalue weighted by atomic mass is 35.5. The molecule has 0 bridgehead atoms. The second-order valence-electron chi connectivity index (χ2n) is 4.47. The highest BCUT2D eigenvalue weighted by Crippen LogP contribution is 2.18. The molecule has 0 aliphatic heterocycles. The minimum absolute atomic E-state index is 0.0593. The first-order valence-corrected chi connectivity index (χ1v) is 6.39. The second kappa shape index (κ2) is 6.04. The molecule has 0 unspecified atom stereocenters. The minimum Gasteiger partial charge on any atom is -0.508 e. The van der Waals surface area contributed by atoms with E-state index in [0.29, 0.717) is 17.1 Å². The van der Waals surface area contributed by atoms with Crippen LogP contribution in [0.2, 0.25) is 5.02 Å². The van der Waals surface area contributed by atoms with Gasteiger partial charge in [0, 0.05) is 23.7 Å². The average Bonchev–Trinajstić information content (AvgIpc) is 2.36. The van der Waals surface area contributed by atoms with Crippen LogP contribution in [-0.2, 0) is 6.54 Å². The third kappa shape index (κ3) is 3.94. The van der Waals surface area contributed by atoms with Gasteiger partial charge in [0.1, 0.15) is 11.6 Å². The number of aromatic hydroxyl groups is 1. The second-order valence-corrected chi connectivity index (χ2v) is 4.91. The Labute approximate surface area is 116 Å². The number of nitrogens with one attached hydrogen (secondary N) is 1. The Hall–Kier alpha value is -1.58. The van der Waals surface area contributed by atoms with Crippen molar-refractivity contribution in [1.29, 1.82) is 0 Å². The molecule has 19 heavy (non-hydrogen) atoms. The summed E-state index contributed by atoms with van der Waals surface area (Å²) in [6.45, 7) is 2.50. The van der Waals surface area contributed by atoms with E-state index in [9.17, 15) is 9.50 Å². The van der Waals surface area contributed by atoms with Crippen LogP contribution in [0.4, 0.5) is 4.39 Å². The summed E-state index contributed by atoms with van der Waals surface area (Å²) in [4.78, 5) is 0. The van der Waals surface area contributed by atoms with E-state index >= 15 is 0 Å². The van der Waals surface area contributed by atoms with E-state index in [0.717, 1.165) is 11.6 Å². The number of halogens is 2. The first kappa shape index (κ1) is 13.8. The molecule has 0 saturated carbocycles. The largest absolute Gasteiger partial charge is 0.508 e. The molecule has 0 aliphatic rings. The lowest BCUT2D eigenvalue weighted by atomic mass is 10.1. The lowest BCUT2D eigenvalue weighted by molar-refractivity contribution is 0.466. The number of phenolic OH excluding ortho intramolecular Hbond substituents is 1. The van der Waals surface area contributed by atoms with Crippen molar-refractivity contribution in [3.63, 3.8) is 0 Å². The molecule has 0 amide bonds. The molecular formula is C15H15ClFNO. The van der Waals surface area contributed by atoms with Crippen molar-refractivity contribution in [2.24, 2.45) is 0 Å². The van der Waals surface area contributed by atoms with Crippen molar-refractivity contribution < 1.29 is 9.50 Å². The fraction of sp³-hybridized carbons (Fsp3) is 0.200. The van der Waals surface area contributed by atoms with E-state index in [1.54, 1.807) is 6.07 Å². The number of rotatable bonds is 4. The Morgan fingerprint density at radius 2 is 1.89 bits per heavy atom. The molecular weight excluding hydrogens is 265 g/mol. The van der Waals surface area contributed by atoms with Gasteiger partial charge in [0.15, 0.2) is 0 Å². The Bertz CT molecular complexity index is 536. The van der Waals surface area contributed by atoms with Crippen molar-refractivity contribution in [3.8, 4) is 5.75 Å². The van der Waals surface area contributed by atoms with Gasteiger partial charge in [0.25, 0.3) is 0 Å². The minimum atomic E-state index is -0.434. The highest BCUT2D eigenvalue weighted by Gasteiger charge is 2.06. The van der Waals surface area contributed by atoms with Gasteiger partial charge in [0.05, 0.1) is 0 Å². The molecule has 0 fully saturated rings. The topological polar surface area (TPSA) is 32.3 Å². The fourth-order valence-electron chi connectivity index (χ4n) is 1.88. The lowest BCUT2D eigenvalue weighted by Crippen LogP contribution is -2.18. The molecule has 2 N–H and O–H groups in total. The van der Waals surface area contributed by atoms with Crippen molar-refractivity contribution in [1.82, 2.24) is 5.32 Å². The number of phenols is 1. The maximum Gasteiger partial charge on any atom is 0.127 e. The number of hydrogen-bond donors (Lipinski definition) is 2. The fourth-order valence-corrected chi connectivity index (χ4v) is 2.00. The van der Waals surface area contributed by atoms with Gasteiger partial charge in [-0.25, -0.2) is 4.39 Å². The molecule has 100 valence electrons. The van der Waals surface area contributed by atoms with E-state index in [1.165, 1.54) is 6.07 Å². The maximum absolute atomic E-state index is 13.1. The van der Waals surface area contributed by atoms with Gasteiger partial charge < -0.3 is 10.4 Å². The van der Waals surface area contributed by atoms with Gasteiger partial charge in [-0.05, 0) is 42.3 Å². The van der Waals surface area contributed by atoms with Gasteiger partial charge in [0.2, 0.25) is 0 Å². The Balaban J connectivity index is 1.99. The van der Waals surface area contributed by atoms with Crippen LogP contribution in [0.1, 0.15) is 24.1 Å². The molecule has 4 heteroatoms. The first-order valence-electron chi connectivity index (χ1n) is 6.02. The van der Waals surface area contributed by atoms with Crippen LogP contribution in [-0.4, -0.2) is 5.11 Å². The van der Waals surface area contributed by atoms with E-state index in [-0.39, 0.29) is 11.8 Å². The summed E-state index contributed by atoms with van der Waals surface area (Å²) in [5.41, 5.74) is 1.81. The van der Waals surface area contributed by atoms with Gasteiger partial charge in [-0.1, -0.05) is 23.7 Å². The zero-order chi connectivity index (χ0) is 13.8. The monoisotopic (exact) mass is 279 g/mol. The SMILES string of the molecule is C[C@@H](NCc1cc(O)cc(F)c1)c1ccc(Cl)cc1. The maximum atomic E-state index is 13.1. The highest BCUT2D eigenvalue weighted by molar-refractivity contribution is 6.30. The molecule has 2 aromatic carbocycles. The van der Waals surface area contributed by atoms with Crippen LogP contribution in [0, 0.1) is 5.82 Å². The van der Waals surface area contributed by atoms with Crippen molar-refractivity contribution in [2.45, 2.75) is 19.5 Å². The van der Waals surface area contributed by atoms with Crippen LogP contribution >= 0.6 is 11.6 Å². The van der Waals surface area contributed by atoms with E-state index in [2.05, 4.69) is 5.32 Å². The predicted octanol–water partition coefficient (Wildman–Crippen LogP) is 4.04. The average molecular weight is 280 g/mol. The molecule has 0 radical (unpaired) electrons. The van der Waals surface area contributed by atoms with Crippen LogP contribution in [0.3, 0.4) is 0 Å². The third-order valence-electron chi connectivity index (χ3n) is 2.92. The molecule has 1 atom stereocenters. The lowest BCUT2D eigenvalue weighted by Gasteiger charge is -2.14. The molecule has 0 spiro atoms. The molecule has 0 saturated heterocycles. The summed E-state index contributed by atoms with van der Waals surface area (Å²) in [5, 5.41) is 13.3. The van der Waals surface area contributed by atoms with Gasteiger partial charge >= 0.3 is 0 Å².